The number of nitrogens with two attached hydrogens (primary N) is 1. The first-order valence-corrected chi connectivity index (χ1v) is 9.10. The maximum atomic E-state index is 11.8. The summed E-state index contributed by atoms with van der Waals surface area (Å²) >= 11 is 0. The molecule has 2 N–H and O–H groups in total. The van der Waals surface area contributed by atoms with E-state index in [1.807, 2.05) is 0 Å². The van der Waals surface area contributed by atoms with Crippen LogP contribution >= 0.6 is 0 Å². The highest BCUT2D eigenvalue weighted by molar-refractivity contribution is 5.99. The van der Waals surface area contributed by atoms with Gasteiger partial charge in [-0.3, -0.25) is 19.8 Å². The molecule has 0 aromatic heterocycles. The molecule has 4 rings (SSSR count). The van der Waals surface area contributed by atoms with Crippen molar-refractivity contribution in [1.29, 1.82) is 0 Å². The largest absolute Gasteiger partial charge is 0.368 e. The molecule has 7 heteroatoms. The second kappa shape index (κ2) is 6.29. The van der Waals surface area contributed by atoms with Crippen LogP contribution in [0.15, 0.2) is 18.2 Å². The number of hydrogen-bond donors (Lipinski definition) is 1. The minimum absolute atomic E-state index is 0.0989. The van der Waals surface area contributed by atoms with Crippen molar-refractivity contribution >= 4 is 17.3 Å². The van der Waals surface area contributed by atoms with Crippen LogP contribution in [0.3, 0.4) is 0 Å². The van der Waals surface area contributed by atoms with E-state index in [-0.39, 0.29) is 11.3 Å². The molecule has 1 aromatic carbocycles. The highest BCUT2D eigenvalue weighted by Gasteiger charge is 2.42. The molecule has 1 aromatic rings. The van der Waals surface area contributed by atoms with Gasteiger partial charge in [-0.2, -0.15) is 0 Å². The highest BCUT2D eigenvalue weighted by atomic mass is 16.6. The van der Waals surface area contributed by atoms with Crippen LogP contribution in [0.1, 0.15) is 36.0 Å². The van der Waals surface area contributed by atoms with E-state index in [0.29, 0.717) is 5.69 Å². The van der Waals surface area contributed by atoms with Gasteiger partial charge in [-0.15, -0.1) is 0 Å². The Labute approximate surface area is 146 Å². The van der Waals surface area contributed by atoms with Crippen molar-refractivity contribution < 1.29 is 9.72 Å². The number of nitro groups is 1. The first-order valence-electron chi connectivity index (χ1n) is 9.10. The number of nitro benzene ring substituents is 1. The number of fused-ring (bicyclic) bond motifs is 2. The number of carbonyl (C=O) groups excluding carboxylic acids is 1. The van der Waals surface area contributed by atoms with Crippen molar-refractivity contribution in [2.75, 3.05) is 31.1 Å². The Morgan fingerprint density at radius 1 is 1.16 bits per heavy atom. The van der Waals surface area contributed by atoms with Gasteiger partial charge in [0.15, 0.2) is 0 Å². The van der Waals surface area contributed by atoms with Gasteiger partial charge >= 0.3 is 0 Å². The average Bonchev–Trinajstić information content (AvgIpc) is 3.24. The fourth-order valence-electron chi connectivity index (χ4n) is 5.06. The number of primary amides is 1. The molecule has 3 atom stereocenters. The molecule has 3 unspecified atom stereocenters. The first-order chi connectivity index (χ1) is 12.0. The Morgan fingerprint density at radius 3 is 2.48 bits per heavy atom. The molecule has 0 radical (unpaired) electrons. The quantitative estimate of drug-likeness (QED) is 0.666. The van der Waals surface area contributed by atoms with Gasteiger partial charge in [-0.25, -0.2) is 0 Å². The molecule has 25 heavy (non-hydrogen) atoms. The van der Waals surface area contributed by atoms with Crippen LogP contribution in [0.25, 0.3) is 0 Å². The number of benzene rings is 1. The molecule has 134 valence electrons. The predicted molar refractivity (Wildman–Crippen MR) is 94.6 cm³/mol. The Hall–Kier alpha value is -2.15. The lowest BCUT2D eigenvalue weighted by atomic mass is 9.93. The first kappa shape index (κ1) is 16.3. The Balaban J connectivity index is 1.47. The third-order valence-corrected chi connectivity index (χ3v) is 6.28. The van der Waals surface area contributed by atoms with Crippen LogP contribution in [0.2, 0.25) is 0 Å². The standard InChI is InChI=1S/C18H24N4O3/c19-18(23)15-11-14(22(24)25)3-4-16(15)20-5-7-21(8-6-20)17-10-12-1-2-13(17)9-12/h3-4,11-13,17H,1-2,5-10H2,(H2,19,23). The average molecular weight is 344 g/mol. The van der Waals surface area contributed by atoms with E-state index in [1.54, 1.807) is 6.07 Å². The minimum Gasteiger partial charge on any atom is -0.368 e. The zero-order valence-electron chi connectivity index (χ0n) is 14.3. The van der Waals surface area contributed by atoms with Gasteiger partial charge in [-0.1, -0.05) is 6.42 Å². The molecular weight excluding hydrogens is 320 g/mol. The molecule has 7 nitrogen and oxygen atoms in total. The number of anilines is 1. The zero-order chi connectivity index (χ0) is 17.6. The van der Waals surface area contributed by atoms with E-state index >= 15 is 0 Å². The summed E-state index contributed by atoms with van der Waals surface area (Å²) in [7, 11) is 0. The summed E-state index contributed by atoms with van der Waals surface area (Å²) < 4.78 is 0. The molecule has 2 saturated carbocycles. The van der Waals surface area contributed by atoms with E-state index in [9.17, 15) is 14.9 Å². The van der Waals surface area contributed by atoms with E-state index in [0.717, 1.165) is 44.1 Å². The Morgan fingerprint density at radius 2 is 1.92 bits per heavy atom. The number of hydrogen-bond acceptors (Lipinski definition) is 5. The summed E-state index contributed by atoms with van der Waals surface area (Å²) in [5.74, 6) is 1.19. The van der Waals surface area contributed by atoms with Crippen molar-refractivity contribution in [2.24, 2.45) is 17.6 Å². The van der Waals surface area contributed by atoms with Gasteiger partial charge < -0.3 is 10.6 Å². The fourth-order valence-corrected chi connectivity index (χ4v) is 5.06. The number of piperazine rings is 1. The van der Waals surface area contributed by atoms with Crippen LogP contribution in [0, 0.1) is 22.0 Å². The summed E-state index contributed by atoms with van der Waals surface area (Å²) in [4.78, 5) is 27.0. The molecule has 1 amide bonds. The Bertz CT molecular complexity index is 700. The van der Waals surface area contributed by atoms with E-state index in [4.69, 9.17) is 5.73 Å². The van der Waals surface area contributed by atoms with Crippen LogP contribution < -0.4 is 10.6 Å². The number of rotatable bonds is 4. The number of carbonyl (C=O) groups is 1. The van der Waals surface area contributed by atoms with Gasteiger partial charge in [0.05, 0.1) is 16.2 Å². The molecule has 2 aliphatic carbocycles. The Kier molecular flexibility index (Phi) is 4.11. The van der Waals surface area contributed by atoms with E-state index in [1.165, 1.54) is 37.8 Å². The summed E-state index contributed by atoms with van der Waals surface area (Å²) in [6.45, 7) is 3.60. The fraction of sp³-hybridized carbons (Fsp3) is 0.611. The molecule has 0 spiro atoms. The topological polar surface area (TPSA) is 92.7 Å². The molecule has 1 aliphatic heterocycles. The minimum atomic E-state index is -0.616. The van der Waals surface area contributed by atoms with Crippen molar-refractivity contribution in [3.05, 3.63) is 33.9 Å². The third kappa shape index (κ3) is 2.97. The molecule has 3 aliphatic rings. The van der Waals surface area contributed by atoms with Crippen molar-refractivity contribution in [2.45, 2.75) is 31.7 Å². The van der Waals surface area contributed by atoms with Crippen LogP contribution in [-0.4, -0.2) is 48.0 Å². The van der Waals surface area contributed by atoms with Gasteiger partial charge in [0, 0.05) is 44.4 Å². The van der Waals surface area contributed by atoms with Gasteiger partial charge in [0.2, 0.25) is 0 Å². The predicted octanol–water partition coefficient (Wildman–Crippen LogP) is 2.00. The maximum absolute atomic E-state index is 11.8. The summed E-state index contributed by atoms with van der Waals surface area (Å²) in [6, 6.07) is 5.13. The van der Waals surface area contributed by atoms with Crippen LogP contribution in [0.4, 0.5) is 11.4 Å². The molecule has 1 heterocycles. The summed E-state index contributed by atoms with van der Waals surface area (Å²) in [5, 5.41) is 10.9. The molecule has 1 saturated heterocycles. The number of non-ortho nitro benzene ring substituents is 1. The second-order valence-electron chi connectivity index (χ2n) is 7.59. The van der Waals surface area contributed by atoms with Crippen molar-refractivity contribution in [3.63, 3.8) is 0 Å². The van der Waals surface area contributed by atoms with Crippen molar-refractivity contribution in [3.8, 4) is 0 Å². The van der Waals surface area contributed by atoms with Crippen LogP contribution in [-0.2, 0) is 0 Å². The van der Waals surface area contributed by atoms with Crippen molar-refractivity contribution in [1.82, 2.24) is 4.90 Å². The number of nitrogens with zero attached hydrogens (tertiary/aromatic N) is 3. The SMILES string of the molecule is NC(=O)c1cc([N+](=O)[O-])ccc1N1CCN(C2CC3CCC2C3)CC1. The lowest BCUT2D eigenvalue weighted by molar-refractivity contribution is -0.384. The van der Waals surface area contributed by atoms with E-state index < -0.39 is 10.8 Å². The summed E-state index contributed by atoms with van der Waals surface area (Å²) in [6.07, 6.45) is 5.53. The maximum Gasteiger partial charge on any atom is 0.270 e. The molecular formula is C18H24N4O3. The number of amides is 1. The monoisotopic (exact) mass is 344 g/mol. The van der Waals surface area contributed by atoms with E-state index in [2.05, 4.69) is 9.80 Å². The second-order valence-corrected chi connectivity index (χ2v) is 7.59. The van der Waals surface area contributed by atoms with Crippen LogP contribution in [0.5, 0.6) is 0 Å². The lowest BCUT2D eigenvalue weighted by Crippen LogP contribution is -2.52. The normalized spacial score (nSPS) is 29.1. The zero-order valence-corrected chi connectivity index (χ0v) is 14.3. The summed E-state index contributed by atoms with van der Waals surface area (Å²) in [5.41, 5.74) is 6.31. The third-order valence-electron chi connectivity index (χ3n) is 6.28. The lowest BCUT2D eigenvalue weighted by Gasteiger charge is -2.42. The smallest absolute Gasteiger partial charge is 0.270 e. The van der Waals surface area contributed by atoms with Gasteiger partial charge in [-0.05, 0) is 37.2 Å². The highest BCUT2D eigenvalue weighted by Crippen LogP contribution is 2.46. The van der Waals surface area contributed by atoms with Gasteiger partial charge in [0.25, 0.3) is 11.6 Å². The molecule has 3 fully saturated rings. The van der Waals surface area contributed by atoms with Gasteiger partial charge in [0.1, 0.15) is 0 Å². The molecule has 2 bridgehead atoms.